The molecule has 0 amide bonds. The number of halogens is 1. The van der Waals surface area contributed by atoms with Gasteiger partial charge in [0.2, 0.25) is 0 Å². The predicted molar refractivity (Wildman–Crippen MR) is 67.3 cm³/mol. The lowest BCUT2D eigenvalue weighted by Gasteiger charge is -2.05. The molecule has 1 N–H and O–H groups in total. The lowest BCUT2D eigenvalue weighted by molar-refractivity contribution is 0.0992. The number of hydrogen-bond donors (Lipinski definition) is 1. The Hall–Kier alpha value is -2.16. The molecule has 3 heteroatoms. The summed E-state index contributed by atoms with van der Waals surface area (Å²) < 4.78 is 12.9. The van der Waals surface area contributed by atoms with E-state index in [2.05, 4.69) is 0 Å². The molecule has 0 saturated heterocycles. The third-order valence-corrected chi connectivity index (χ3v) is 2.76. The van der Waals surface area contributed by atoms with Crippen molar-refractivity contribution in [1.29, 1.82) is 0 Å². The van der Waals surface area contributed by atoms with Gasteiger partial charge >= 0.3 is 0 Å². The van der Waals surface area contributed by atoms with Crippen LogP contribution in [0.5, 0.6) is 5.75 Å². The van der Waals surface area contributed by atoms with Gasteiger partial charge in [0.25, 0.3) is 0 Å². The molecule has 2 nitrogen and oxygen atoms in total. The monoisotopic (exact) mass is 244 g/mol. The van der Waals surface area contributed by atoms with Crippen LogP contribution in [0.1, 0.15) is 21.5 Å². The van der Waals surface area contributed by atoms with E-state index in [0.717, 1.165) is 5.56 Å². The number of phenols is 1. The standard InChI is InChI=1S/C15H13FO2/c1-10-7-12(16)5-6-14(10)15(18)9-11-3-2-4-13(17)8-11/h2-8,17H,9H2,1H3. The number of rotatable bonds is 3. The third kappa shape index (κ3) is 2.74. The van der Waals surface area contributed by atoms with Crippen LogP contribution in [-0.4, -0.2) is 10.9 Å². The van der Waals surface area contributed by atoms with Gasteiger partial charge in [0, 0.05) is 12.0 Å². The molecule has 0 aromatic heterocycles. The molecule has 0 atom stereocenters. The second kappa shape index (κ2) is 5.00. The molecule has 2 rings (SSSR count). The molecule has 92 valence electrons. The van der Waals surface area contributed by atoms with E-state index < -0.39 is 0 Å². The van der Waals surface area contributed by atoms with Crippen molar-refractivity contribution in [2.24, 2.45) is 0 Å². The highest BCUT2D eigenvalue weighted by atomic mass is 19.1. The quantitative estimate of drug-likeness (QED) is 0.841. The van der Waals surface area contributed by atoms with E-state index in [0.29, 0.717) is 11.1 Å². The highest BCUT2D eigenvalue weighted by molar-refractivity contribution is 5.98. The summed E-state index contributed by atoms with van der Waals surface area (Å²) in [5.74, 6) is -0.296. The summed E-state index contributed by atoms with van der Waals surface area (Å²) in [5.41, 5.74) is 1.88. The number of carbonyl (C=O) groups is 1. The van der Waals surface area contributed by atoms with E-state index >= 15 is 0 Å². The Kier molecular flexibility index (Phi) is 3.42. The lowest BCUT2D eigenvalue weighted by Crippen LogP contribution is -2.05. The summed E-state index contributed by atoms with van der Waals surface area (Å²) in [6.45, 7) is 1.71. The second-order valence-corrected chi connectivity index (χ2v) is 4.23. The van der Waals surface area contributed by atoms with E-state index in [9.17, 15) is 14.3 Å². The first kappa shape index (κ1) is 12.3. The first-order chi connectivity index (χ1) is 8.56. The van der Waals surface area contributed by atoms with Gasteiger partial charge in [-0.05, 0) is 48.4 Å². The van der Waals surface area contributed by atoms with Gasteiger partial charge in [-0.2, -0.15) is 0 Å². The number of Topliss-reactive ketones (excluding diaryl/α,β-unsaturated/α-hetero) is 1. The molecule has 0 unspecified atom stereocenters. The van der Waals surface area contributed by atoms with Gasteiger partial charge in [0.05, 0.1) is 0 Å². The van der Waals surface area contributed by atoms with Crippen LogP contribution in [0.4, 0.5) is 4.39 Å². The van der Waals surface area contributed by atoms with Gasteiger partial charge in [0.1, 0.15) is 11.6 Å². The van der Waals surface area contributed by atoms with Crippen molar-refractivity contribution < 1.29 is 14.3 Å². The Morgan fingerprint density at radius 3 is 2.67 bits per heavy atom. The number of phenolic OH excluding ortho intramolecular Hbond substituents is 1. The van der Waals surface area contributed by atoms with Crippen molar-refractivity contribution in [2.45, 2.75) is 13.3 Å². The molecule has 0 bridgehead atoms. The Balaban J connectivity index is 2.22. The molecule has 0 aliphatic rings. The van der Waals surface area contributed by atoms with Crippen LogP contribution < -0.4 is 0 Å². The van der Waals surface area contributed by atoms with Crippen LogP contribution in [0.3, 0.4) is 0 Å². The number of ketones is 1. The number of hydrogen-bond acceptors (Lipinski definition) is 2. The summed E-state index contributed by atoms with van der Waals surface area (Å²) in [6.07, 6.45) is 0.195. The van der Waals surface area contributed by atoms with E-state index in [4.69, 9.17) is 0 Å². The molecule has 0 spiro atoms. The van der Waals surface area contributed by atoms with Gasteiger partial charge < -0.3 is 5.11 Å². The highest BCUT2D eigenvalue weighted by Gasteiger charge is 2.10. The van der Waals surface area contributed by atoms with E-state index in [1.165, 1.54) is 18.2 Å². The van der Waals surface area contributed by atoms with Crippen molar-refractivity contribution in [2.75, 3.05) is 0 Å². The van der Waals surface area contributed by atoms with Crippen LogP contribution in [0, 0.1) is 12.7 Å². The zero-order chi connectivity index (χ0) is 13.1. The number of aryl methyl sites for hydroxylation is 1. The van der Waals surface area contributed by atoms with Crippen molar-refractivity contribution in [3.05, 3.63) is 65.0 Å². The normalized spacial score (nSPS) is 10.3. The lowest BCUT2D eigenvalue weighted by atomic mass is 9.99. The van der Waals surface area contributed by atoms with Crippen molar-refractivity contribution in [1.82, 2.24) is 0 Å². The molecule has 0 aliphatic carbocycles. The number of benzene rings is 2. The average molecular weight is 244 g/mol. The molecule has 0 heterocycles. The zero-order valence-corrected chi connectivity index (χ0v) is 9.98. The largest absolute Gasteiger partial charge is 0.508 e. The Morgan fingerprint density at radius 2 is 2.00 bits per heavy atom. The smallest absolute Gasteiger partial charge is 0.167 e. The van der Waals surface area contributed by atoms with Crippen molar-refractivity contribution in [3.8, 4) is 5.75 Å². The predicted octanol–water partition coefficient (Wildman–Crippen LogP) is 3.27. The van der Waals surface area contributed by atoms with Gasteiger partial charge in [-0.25, -0.2) is 4.39 Å². The minimum absolute atomic E-state index is 0.0851. The summed E-state index contributed by atoms with van der Waals surface area (Å²) in [5, 5.41) is 9.33. The van der Waals surface area contributed by atoms with Crippen LogP contribution in [0.15, 0.2) is 42.5 Å². The molecule has 0 fully saturated rings. The molecule has 2 aromatic rings. The molecule has 2 aromatic carbocycles. The fourth-order valence-electron chi connectivity index (χ4n) is 1.89. The van der Waals surface area contributed by atoms with Crippen LogP contribution in [0.2, 0.25) is 0 Å². The second-order valence-electron chi connectivity index (χ2n) is 4.23. The van der Waals surface area contributed by atoms with Gasteiger partial charge in [-0.1, -0.05) is 12.1 Å². The van der Waals surface area contributed by atoms with Crippen molar-refractivity contribution in [3.63, 3.8) is 0 Å². The number of aromatic hydroxyl groups is 1. The summed E-state index contributed by atoms with van der Waals surface area (Å²) in [6, 6.07) is 10.7. The Morgan fingerprint density at radius 1 is 1.22 bits per heavy atom. The first-order valence-electron chi connectivity index (χ1n) is 5.63. The third-order valence-electron chi connectivity index (χ3n) is 2.76. The minimum atomic E-state index is -0.346. The molecule has 18 heavy (non-hydrogen) atoms. The van der Waals surface area contributed by atoms with Crippen molar-refractivity contribution >= 4 is 5.78 Å². The van der Waals surface area contributed by atoms with Gasteiger partial charge in [-0.15, -0.1) is 0 Å². The minimum Gasteiger partial charge on any atom is -0.508 e. The van der Waals surface area contributed by atoms with Gasteiger partial charge in [0.15, 0.2) is 5.78 Å². The Bertz CT molecular complexity index is 591. The SMILES string of the molecule is Cc1cc(F)ccc1C(=O)Cc1cccc(O)c1. The molecular weight excluding hydrogens is 231 g/mol. The average Bonchev–Trinajstić information content (AvgIpc) is 2.28. The topological polar surface area (TPSA) is 37.3 Å². The molecule has 0 aliphatic heterocycles. The van der Waals surface area contributed by atoms with Crippen LogP contribution in [0.25, 0.3) is 0 Å². The van der Waals surface area contributed by atoms with Crippen LogP contribution >= 0.6 is 0 Å². The molecule has 0 saturated carbocycles. The first-order valence-corrected chi connectivity index (χ1v) is 5.63. The fourth-order valence-corrected chi connectivity index (χ4v) is 1.89. The summed E-state index contributed by atoms with van der Waals surface area (Å²) >= 11 is 0. The fraction of sp³-hybridized carbons (Fsp3) is 0.133. The van der Waals surface area contributed by atoms with E-state index in [1.54, 1.807) is 31.2 Å². The van der Waals surface area contributed by atoms with E-state index in [-0.39, 0.29) is 23.8 Å². The maximum Gasteiger partial charge on any atom is 0.167 e. The maximum atomic E-state index is 12.9. The molecular formula is C15H13FO2. The zero-order valence-electron chi connectivity index (χ0n) is 9.98. The number of carbonyl (C=O) groups excluding carboxylic acids is 1. The highest BCUT2D eigenvalue weighted by Crippen LogP contribution is 2.16. The van der Waals surface area contributed by atoms with Crippen LogP contribution in [-0.2, 0) is 6.42 Å². The summed E-state index contributed by atoms with van der Waals surface area (Å²) in [4.78, 5) is 12.1. The maximum absolute atomic E-state index is 12.9. The summed E-state index contributed by atoms with van der Waals surface area (Å²) in [7, 11) is 0. The Labute approximate surface area is 105 Å². The molecule has 0 radical (unpaired) electrons. The van der Waals surface area contributed by atoms with E-state index in [1.807, 2.05) is 0 Å². The van der Waals surface area contributed by atoms with Gasteiger partial charge in [-0.3, -0.25) is 4.79 Å².